The second-order valence-electron chi connectivity index (χ2n) is 15.3. The van der Waals surface area contributed by atoms with Crippen molar-refractivity contribution >= 4 is 36.1 Å². The molecular weight excluding hydrogens is 764 g/mol. The van der Waals surface area contributed by atoms with E-state index in [1.54, 1.807) is 70.2 Å². The quantitative estimate of drug-likeness (QED) is 0.165. The third kappa shape index (κ3) is 10.6. The Balaban J connectivity index is 1.24. The van der Waals surface area contributed by atoms with Crippen molar-refractivity contribution in [1.29, 1.82) is 0 Å². The molecule has 4 aliphatic heterocycles. The fourth-order valence-electron chi connectivity index (χ4n) is 7.11. The zero-order valence-corrected chi connectivity index (χ0v) is 33.1. The van der Waals surface area contributed by atoms with Gasteiger partial charge in [-0.25, -0.2) is 14.4 Å². The van der Waals surface area contributed by atoms with Gasteiger partial charge in [-0.05, 0) is 62.6 Å². The van der Waals surface area contributed by atoms with Crippen LogP contribution in [-0.2, 0) is 61.8 Å². The summed E-state index contributed by atoms with van der Waals surface area (Å²) in [6, 6.07) is 27.3. The maximum Gasteiger partial charge on any atom is 0.331 e. The molecule has 0 aliphatic carbocycles. The Labute approximate surface area is 342 Å². The van der Waals surface area contributed by atoms with Crippen LogP contribution in [0.5, 0.6) is 0 Å². The van der Waals surface area contributed by atoms with Crippen LogP contribution in [0.3, 0.4) is 0 Å². The molecule has 1 N–H and O–H groups in total. The van der Waals surface area contributed by atoms with Gasteiger partial charge in [0.15, 0.2) is 30.1 Å². The number of benzene rings is 3. The summed E-state index contributed by atoms with van der Waals surface area (Å²) >= 11 is 0. The summed E-state index contributed by atoms with van der Waals surface area (Å²) in [6.45, 7) is 5.79. The molecule has 0 radical (unpaired) electrons. The maximum absolute atomic E-state index is 13.8. The Bertz CT molecular complexity index is 2000. The van der Waals surface area contributed by atoms with Gasteiger partial charge in [0.25, 0.3) is 0 Å². The summed E-state index contributed by atoms with van der Waals surface area (Å²) in [5.41, 5.74) is 2.21. The second-order valence-corrected chi connectivity index (χ2v) is 15.3. The maximum atomic E-state index is 13.8. The van der Waals surface area contributed by atoms with Crippen molar-refractivity contribution in [2.45, 2.75) is 94.1 Å². The highest BCUT2D eigenvalue weighted by Gasteiger charge is 2.65. The molecule has 4 aliphatic rings. The van der Waals surface area contributed by atoms with Gasteiger partial charge in [-0.3, -0.25) is 0 Å². The van der Waals surface area contributed by atoms with E-state index in [0.29, 0.717) is 0 Å². The molecule has 4 fully saturated rings. The third-order valence-corrected chi connectivity index (χ3v) is 9.96. The minimum atomic E-state index is -2.10. The van der Waals surface area contributed by atoms with E-state index in [2.05, 4.69) is 0 Å². The number of aliphatic hydroxyl groups excluding tert-OH is 1. The highest BCUT2D eigenvalue weighted by molar-refractivity contribution is 5.88. The van der Waals surface area contributed by atoms with E-state index in [0.717, 1.165) is 16.7 Å². The summed E-state index contributed by atoms with van der Waals surface area (Å²) in [7, 11) is 0. The van der Waals surface area contributed by atoms with Crippen molar-refractivity contribution < 1.29 is 66.9 Å². The Kier molecular flexibility index (Phi) is 12.9. The van der Waals surface area contributed by atoms with E-state index in [1.807, 2.05) is 66.7 Å². The van der Waals surface area contributed by atoms with Crippen molar-refractivity contribution in [2.75, 3.05) is 19.8 Å². The van der Waals surface area contributed by atoms with Gasteiger partial charge in [-0.15, -0.1) is 0 Å². The van der Waals surface area contributed by atoms with Gasteiger partial charge < -0.3 is 52.5 Å². The molecule has 9 atom stereocenters. The van der Waals surface area contributed by atoms with Gasteiger partial charge >= 0.3 is 17.9 Å². The largest absolute Gasteiger partial charge is 0.460 e. The molecule has 312 valence electrons. The predicted molar refractivity (Wildman–Crippen MR) is 210 cm³/mol. The first-order valence-electron chi connectivity index (χ1n) is 19.4. The topological polar surface area (TPSA) is 164 Å². The lowest BCUT2D eigenvalue weighted by atomic mass is 9.96. The molecule has 3 aromatic carbocycles. The van der Waals surface area contributed by atoms with Crippen LogP contribution in [0, 0.1) is 0 Å². The summed E-state index contributed by atoms with van der Waals surface area (Å²) in [6.07, 6.45) is -1.57. The fourth-order valence-corrected chi connectivity index (χ4v) is 7.11. The average molecular weight is 813 g/mol. The lowest BCUT2D eigenvalue weighted by molar-refractivity contribution is -0.454. The first kappa shape index (κ1) is 42.1. The lowest BCUT2D eigenvalue weighted by Crippen LogP contribution is -2.69. The smallest absolute Gasteiger partial charge is 0.331 e. The fraction of sp³-hybridized carbons (Fsp3) is 0.400. The molecule has 4 saturated heterocycles. The molecule has 0 amide bonds. The van der Waals surface area contributed by atoms with Crippen molar-refractivity contribution in [3.63, 3.8) is 0 Å². The third-order valence-electron chi connectivity index (χ3n) is 9.96. The number of carbonyl (C=O) groups excluding carboxylic acids is 3. The van der Waals surface area contributed by atoms with E-state index in [9.17, 15) is 19.5 Å². The molecule has 1 spiro atoms. The van der Waals surface area contributed by atoms with Gasteiger partial charge in [-0.1, -0.05) is 91.0 Å². The van der Waals surface area contributed by atoms with Crippen LogP contribution in [0.25, 0.3) is 18.2 Å². The Hall–Kier alpha value is -5.03. The number of rotatable bonds is 10. The number of ether oxygens (including phenoxy) is 10. The van der Waals surface area contributed by atoms with Crippen LogP contribution in [0.2, 0.25) is 0 Å². The number of hydrogen-bond donors (Lipinski definition) is 1. The molecule has 7 rings (SSSR count). The number of aliphatic hydroxyl groups is 1. The summed E-state index contributed by atoms with van der Waals surface area (Å²) in [5.74, 6) is -6.93. The van der Waals surface area contributed by atoms with Crippen LogP contribution in [0.15, 0.2) is 109 Å². The average Bonchev–Trinajstić information content (AvgIpc) is 3.50. The van der Waals surface area contributed by atoms with Crippen molar-refractivity contribution in [2.24, 2.45) is 0 Å². The van der Waals surface area contributed by atoms with E-state index in [-0.39, 0.29) is 6.61 Å². The Morgan fingerprint density at radius 3 is 1.75 bits per heavy atom. The molecule has 0 aromatic heterocycles. The minimum Gasteiger partial charge on any atom is -0.460 e. The van der Waals surface area contributed by atoms with Crippen molar-refractivity contribution in [3.8, 4) is 0 Å². The number of carbonyl (C=O) groups is 3. The van der Waals surface area contributed by atoms with Gasteiger partial charge in [0.1, 0.15) is 43.7 Å². The minimum absolute atomic E-state index is 0.0425. The van der Waals surface area contributed by atoms with Crippen LogP contribution in [0.1, 0.15) is 44.4 Å². The Morgan fingerprint density at radius 1 is 0.661 bits per heavy atom. The van der Waals surface area contributed by atoms with Crippen LogP contribution in [-0.4, -0.2) is 109 Å². The summed E-state index contributed by atoms with van der Waals surface area (Å²) in [5, 5.41) is 11.8. The van der Waals surface area contributed by atoms with Gasteiger partial charge in [0.2, 0.25) is 5.79 Å². The van der Waals surface area contributed by atoms with Gasteiger partial charge in [0.05, 0.1) is 6.61 Å². The van der Waals surface area contributed by atoms with Crippen LogP contribution in [0.4, 0.5) is 0 Å². The van der Waals surface area contributed by atoms with Crippen LogP contribution < -0.4 is 0 Å². The van der Waals surface area contributed by atoms with E-state index in [4.69, 9.17) is 47.4 Å². The van der Waals surface area contributed by atoms with E-state index in [1.165, 1.54) is 18.2 Å². The normalized spacial score (nSPS) is 31.3. The predicted octanol–water partition coefficient (Wildman–Crippen LogP) is 4.99. The number of fused-ring (bicyclic) bond motifs is 2. The number of esters is 3. The summed E-state index contributed by atoms with van der Waals surface area (Å²) in [4.78, 5) is 40.5. The SMILES string of the molecule is CC1(C)OC[C@@]2(O[C@H]3O[C@@H]4COC(C)(C)O[C@H]4[C@H](O)[C@H]3O1)O[C@H](COC(=O)/C=C/c1ccccc1)[C@@H](OC(=O)/C=C/c1ccccc1)[C@@H]2OC(=O)/C=C/c1ccccc1. The van der Waals surface area contributed by atoms with Crippen LogP contribution >= 0.6 is 0 Å². The molecular formula is C45H48O14. The highest BCUT2D eigenvalue weighted by Crippen LogP contribution is 2.44. The lowest BCUT2D eigenvalue weighted by Gasteiger charge is -2.53. The molecule has 59 heavy (non-hydrogen) atoms. The zero-order valence-electron chi connectivity index (χ0n) is 33.1. The second kappa shape index (κ2) is 18.1. The first-order chi connectivity index (χ1) is 28.3. The summed E-state index contributed by atoms with van der Waals surface area (Å²) < 4.78 is 61.9. The van der Waals surface area contributed by atoms with Crippen molar-refractivity contribution in [3.05, 3.63) is 126 Å². The van der Waals surface area contributed by atoms with Gasteiger partial charge in [0, 0.05) is 18.2 Å². The molecule has 0 saturated carbocycles. The highest BCUT2D eigenvalue weighted by atomic mass is 16.9. The molecule has 0 bridgehead atoms. The molecule has 3 aromatic rings. The Morgan fingerprint density at radius 2 is 1.17 bits per heavy atom. The molecule has 4 heterocycles. The standard InChI is InChI=1S/C45H48O14/c1-43(2)51-27-32-38(57-43)37(49)40-42(53-32)59-45(28-52-44(3,4)58-40)41(55-36(48)25-22-31-18-12-7-13-19-31)39(54-35(47)24-21-30-16-10-6-11-17-30)33(56-45)26-50-34(46)23-20-29-14-8-5-9-15-29/h5-25,32-33,37-42,49H,26-28H2,1-4H3/b23-20+,24-21+,25-22+/t32-,33-,37+,38-,39-,40-,41+,42-,45+/m1/s1. The van der Waals surface area contributed by atoms with Gasteiger partial charge in [-0.2, -0.15) is 0 Å². The first-order valence-corrected chi connectivity index (χ1v) is 19.4. The van der Waals surface area contributed by atoms with Crippen molar-refractivity contribution in [1.82, 2.24) is 0 Å². The van der Waals surface area contributed by atoms with E-state index >= 15 is 0 Å². The molecule has 0 unspecified atom stereocenters. The monoisotopic (exact) mass is 812 g/mol. The van der Waals surface area contributed by atoms with E-state index < -0.39 is 97.5 Å². The molecule has 14 nitrogen and oxygen atoms in total. The zero-order chi connectivity index (χ0) is 41.6. The molecule has 14 heteroatoms. The number of hydrogen-bond acceptors (Lipinski definition) is 14.